The van der Waals surface area contributed by atoms with Crippen molar-refractivity contribution in [1.82, 2.24) is 0 Å². The first kappa shape index (κ1) is 10.1. The molecule has 0 amide bonds. The summed E-state index contributed by atoms with van der Waals surface area (Å²) in [5, 5.41) is 0. The van der Waals surface area contributed by atoms with Crippen LogP contribution in [0.25, 0.3) is 0 Å². The van der Waals surface area contributed by atoms with Gasteiger partial charge >= 0.3 is 0 Å². The Hall–Kier alpha value is -1.02. The number of hydrogen-bond donors (Lipinski definition) is 1. The largest absolute Gasteiger partial charge is 0.492 e. The highest BCUT2D eigenvalue weighted by Gasteiger charge is 2.00. The summed E-state index contributed by atoms with van der Waals surface area (Å²) < 4.78 is 5.55. The lowest BCUT2D eigenvalue weighted by atomic mass is 10.1. The van der Waals surface area contributed by atoms with Gasteiger partial charge < -0.3 is 10.5 Å². The van der Waals surface area contributed by atoms with Crippen LogP contribution in [0.4, 0.5) is 0 Å². The van der Waals surface area contributed by atoms with Gasteiger partial charge in [-0.2, -0.15) is 0 Å². The maximum atomic E-state index is 5.60. The van der Waals surface area contributed by atoms with Crippen LogP contribution in [0.1, 0.15) is 18.1 Å². The highest BCUT2D eigenvalue weighted by atomic mass is 16.5. The van der Waals surface area contributed by atoms with Crippen LogP contribution in [-0.4, -0.2) is 12.6 Å². The zero-order valence-electron chi connectivity index (χ0n) is 8.50. The fraction of sp³-hybridized carbons (Fsp3) is 0.455. The van der Waals surface area contributed by atoms with Gasteiger partial charge in [-0.3, -0.25) is 0 Å². The topological polar surface area (TPSA) is 35.2 Å². The highest BCUT2D eigenvalue weighted by molar-refractivity contribution is 5.35. The molecule has 0 aromatic heterocycles. The Morgan fingerprint density at radius 2 is 2.08 bits per heavy atom. The van der Waals surface area contributed by atoms with Gasteiger partial charge in [-0.15, -0.1) is 0 Å². The number of nitrogens with two attached hydrogens (primary N) is 1. The summed E-state index contributed by atoms with van der Waals surface area (Å²) in [6.07, 6.45) is 0. The second-order valence-electron chi connectivity index (χ2n) is 3.56. The number of hydrogen-bond acceptors (Lipinski definition) is 2. The fourth-order valence-electron chi connectivity index (χ4n) is 1.08. The van der Waals surface area contributed by atoms with Gasteiger partial charge in [-0.1, -0.05) is 12.1 Å². The molecule has 13 heavy (non-hydrogen) atoms. The summed E-state index contributed by atoms with van der Waals surface area (Å²) in [6, 6.07) is 6.26. The molecule has 0 saturated heterocycles. The summed E-state index contributed by atoms with van der Waals surface area (Å²) in [6.45, 7) is 6.60. The Balaban J connectivity index is 2.70. The number of benzene rings is 1. The Labute approximate surface area is 79.7 Å². The van der Waals surface area contributed by atoms with Gasteiger partial charge in [0.1, 0.15) is 12.4 Å². The molecule has 0 unspecified atom stereocenters. The predicted octanol–water partition coefficient (Wildman–Crippen LogP) is 2.03. The van der Waals surface area contributed by atoms with Crippen LogP contribution < -0.4 is 10.5 Å². The first-order chi connectivity index (χ1) is 6.09. The van der Waals surface area contributed by atoms with Crippen LogP contribution in [0.2, 0.25) is 0 Å². The predicted molar refractivity (Wildman–Crippen MR) is 55.1 cm³/mol. The molecule has 72 valence electrons. The Morgan fingerprint density at radius 3 is 2.69 bits per heavy atom. The van der Waals surface area contributed by atoms with E-state index in [0.717, 1.165) is 11.3 Å². The first-order valence-corrected chi connectivity index (χ1v) is 4.55. The van der Waals surface area contributed by atoms with E-state index in [2.05, 4.69) is 19.1 Å². The van der Waals surface area contributed by atoms with Crippen molar-refractivity contribution in [2.45, 2.75) is 26.8 Å². The average molecular weight is 179 g/mol. The molecule has 0 radical (unpaired) electrons. The van der Waals surface area contributed by atoms with Gasteiger partial charge in [0.15, 0.2) is 0 Å². The van der Waals surface area contributed by atoms with E-state index >= 15 is 0 Å². The third-order valence-electron chi connectivity index (χ3n) is 1.85. The lowest BCUT2D eigenvalue weighted by molar-refractivity contribution is 0.294. The van der Waals surface area contributed by atoms with Crippen molar-refractivity contribution in [3.63, 3.8) is 0 Å². The first-order valence-electron chi connectivity index (χ1n) is 4.55. The van der Waals surface area contributed by atoms with Crippen molar-refractivity contribution >= 4 is 0 Å². The van der Waals surface area contributed by atoms with Gasteiger partial charge in [0, 0.05) is 6.04 Å². The quantitative estimate of drug-likeness (QED) is 0.770. The van der Waals surface area contributed by atoms with Gasteiger partial charge in [0.25, 0.3) is 0 Å². The molecule has 0 aliphatic carbocycles. The Kier molecular flexibility index (Phi) is 3.32. The smallest absolute Gasteiger partial charge is 0.122 e. The van der Waals surface area contributed by atoms with Crippen molar-refractivity contribution in [3.05, 3.63) is 29.3 Å². The Bertz CT molecular complexity index is 281. The third kappa shape index (κ3) is 3.07. The molecule has 1 atom stereocenters. The lowest BCUT2D eigenvalue weighted by Gasteiger charge is -2.11. The van der Waals surface area contributed by atoms with Crippen molar-refractivity contribution in [3.8, 4) is 5.75 Å². The van der Waals surface area contributed by atoms with Crippen molar-refractivity contribution in [2.24, 2.45) is 5.73 Å². The van der Waals surface area contributed by atoms with Crippen LogP contribution in [0.15, 0.2) is 18.2 Å². The molecule has 2 heteroatoms. The molecule has 1 rings (SSSR count). The maximum Gasteiger partial charge on any atom is 0.122 e. The van der Waals surface area contributed by atoms with E-state index < -0.39 is 0 Å². The summed E-state index contributed by atoms with van der Waals surface area (Å²) in [4.78, 5) is 0. The third-order valence-corrected chi connectivity index (χ3v) is 1.85. The number of aryl methyl sites for hydroxylation is 2. The van der Waals surface area contributed by atoms with Crippen LogP contribution in [0.3, 0.4) is 0 Å². The van der Waals surface area contributed by atoms with Crippen LogP contribution in [0.5, 0.6) is 5.75 Å². The second kappa shape index (κ2) is 4.28. The Morgan fingerprint density at radius 1 is 1.38 bits per heavy atom. The van der Waals surface area contributed by atoms with E-state index in [9.17, 15) is 0 Å². The fourth-order valence-corrected chi connectivity index (χ4v) is 1.08. The molecule has 1 aromatic carbocycles. The van der Waals surface area contributed by atoms with Gasteiger partial charge in [-0.25, -0.2) is 0 Å². The minimum Gasteiger partial charge on any atom is -0.492 e. The van der Waals surface area contributed by atoms with E-state index in [-0.39, 0.29) is 6.04 Å². The van der Waals surface area contributed by atoms with Gasteiger partial charge in [-0.05, 0) is 38.0 Å². The minimum atomic E-state index is 0.0833. The van der Waals surface area contributed by atoms with Crippen LogP contribution >= 0.6 is 0 Å². The molecule has 2 nitrogen and oxygen atoms in total. The molecular formula is C11H17NO. The average Bonchev–Trinajstić information content (AvgIpc) is 2.06. The van der Waals surface area contributed by atoms with E-state index in [1.165, 1.54) is 5.56 Å². The van der Waals surface area contributed by atoms with Crippen molar-refractivity contribution in [1.29, 1.82) is 0 Å². The summed E-state index contributed by atoms with van der Waals surface area (Å²) in [5.74, 6) is 0.942. The molecule has 0 saturated carbocycles. The molecule has 0 fully saturated rings. The lowest BCUT2D eigenvalue weighted by Crippen LogP contribution is -2.23. The summed E-state index contributed by atoms with van der Waals surface area (Å²) in [7, 11) is 0. The summed E-state index contributed by atoms with van der Waals surface area (Å²) in [5.41, 5.74) is 7.98. The molecule has 0 spiro atoms. The van der Waals surface area contributed by atoms with E-state index in [0.29, 0.717) is 6.61 Å². The molecule has 0 heterocycles. The van der Waals surface area contributed by atoms with E-state index in [1.54, 1.807) is 0 Å². The highest BCUT2D eigenvalue weighted by Crippen LogP contribution is 2.18. The summed E-state index contributed by atoms with van der Waals surface area (Å²) >= 11 is 0. The second-order valence-corrected chi connectivity index (χ2v) is 3.56. The van der Waals surface area contributed by atoms with Gasteiger partial charge in [0.2, 0.25) is 0 Å². The van der Waals surface area contributed by atoms with Crippen molar-refractivity contribution < 1.29 is 4.74 Å². The molecule has 0 aliphatic rings. The molecule has 1 aromatic rings. The number of rotatable bonds is 3. The monoisotopic (exact) mass is 179 g/mol. The van der Waals surface area contributed by atoms with Crippen molar-refractivity contribution in [2.75, 3.05) is 6.61 Å². The van der Waals surface area contributed by atoms with Gasteiger partial charge in [0.05, 0.1) is 0 Å². The normalized spacial score (nSPS) is 12.6. The SMILES string of the molecule is Cc1ccc(C)c(OC[C@@H](C)N)c1. The molecule has 0 bridgehead atoms. The molecule has 0 aliphatic heterocycles. The molecular weight excluding hydrogens is 162 g/mol. The number of ether oxygens (including phenoxy) is 1. The zero-order chi connectivity index (χ0) is 9.84. The van der Waals surface area contributed by atoms with E-state index in [1.807, 2.05) is 19.9 Å². The zero-order valence-corrected chi connectivity index (χ0v) is 8.50. The van der Waals surface area contributed by atoms with Crippen LogP contribution in [-0.2, 0) is 0 Å². The molecule has 2 N–H and O–H groups in total. The minimum absolute atomic E-state index is 0.0833. The standard InChI is InChI=1S/C11H17NO/c1-8-4-5-9(2)11(6-8)13-7-10(3)12/h4-6,10H,7,12H2,1-3H3/t10-/m1/s1. The van der Waals surface area contributed by atoms with E-state index in [4.69, 9.17) is 10.5 Å². The maximum absolute atomic E-state index is 5.60. The van der Waals surface area contributed by atoms with Crippen LogP contribution in [0, 0.1) is 13.8 Å².